The van der Waals surface area contributed by atoms with E-state index >= 15 is 0 Å². The normalized spacial score (nSPS) is 9.62. The summed E-state index contributed by atoms with van der Waals surface area (Å²) in [7, 11) is 0. The Balaban J connectivity index is 2.89. The van der Waals surface area contributed by atoms with E-state index < -0.39 is 5.91 Å². The van der Waals surface area contributed by atoms with Crippen LogP contribution in [-0.2, 0) is 4.79 Å². The van der Waals surface area contributed by atoms with Gasteiger partial charge in [-0.25, -0.2) is 0 Å². The maximum absolute atomic E-state index is 10.6. The van der Waals surface area contributed by atoms with E-state index in [1.807, 2.05) is 18.2 Å². The first-order valence-electron chi connectivity index (χ1n) is 3.82. The van der Waals surface area contributed by atoms with Gasteiger partial charge in [-0.1, -0.05) is 36.4 Å². The largest absolute Gasteiger partial charge is 0.369 e. The lowest BCUT2D eigenvalue weighted by atomic mass is 10.0. The van der Waals surface area contributed by atoms with Crippen molar-refractivity contribution in [1.82, 2.24) is 0 Å². The van der Waals surface area contributed by atoms with Crippen LogP contribution in [-0.4, -0.2) is 5.91 Å². The van der Waals surface area contributed by atoms with Gasteiger partial charge >= 0.3 is 0 Å². The summed E-state index contributed by atoms with van der Waals surface area (Å²) in [6.07, 6.45) is 0.143. The molecule has 0 unspecified atom stereocenters. The highest BCUT2D eigenvalue weighted by molar-refractivity contribution is 6.32. The third-order valence-corrected chi connectivity index (χ3v) is 1.97. The van der Waals surface area contributed by atoms with Crippen molar-refractivity contribution in [2.24, 2.45) is 5.73 Å². The van der Waals surface area contributed by atoms with E-state index in [0.717, 1.165) is 5.56 Å². The lowest BCUT2D eigenvalue weighted by molar-refractivity contribution is -0.117. The molecule has 1 rings (SSSR count). The molecule has 0 aromatic heterocycles. The molecule has 0 aliphatic heterocycles. The Morgan fingerprint density at radius 2 is 2.08 bits per heavy atom. The van der Waals surface area contributed by atoms with Crippen LogP contribution in [0.1, 0.15) is 12.0 Å². The molecule has 0 aliphatic carbocycles. The van der Waals surface area contributed by atoms with Crippen molar-refractivity contribution < 1.29 is 4.79 Å². The lowest BCUT2D eigenvalue weighted by Gasteiger charge is -2.04. The third-order valence-electron chi connectivity index (χ3n) is 1.64. The topological polar surface area (TPSA) is 43.1 Å². The summed E-state index contributed by atoms with van der Waals surface area (Å²) in [4.78, 5) is 10.6. The molecule has 0 saturated carbocycles. The molecule has 68 valence electrons. The molecule has 2 N–H and O–H groups in total. The molecule has 13 heavy (non-hydrogen) atoms. The molecule has 0 fully saturated rings. The molecule has 0 bridgehead atoms. The van der Waals surface area contributed by atoms with Crippen molar-refractivity contribution in [1.29, 1.82) is 0 Å². The molecule has 0 heterocycles. The second-order valence-corrected chi connectivity index (χ2v) is 3.13. The van der Waals surface area contributed by atoms with E-state index in [0.29, 0.717) is 10.6 Å². The minimum atomic E-state index is -0.398. The summed E-state index contributed by atoms with van der Waals surface area (Å²) in [5.74, 6) is -0.398. The zero-order chi connectivity index (χ0) is 9.84. The van der Waals surface area contributed by atoms with Crippen molar-refractivity contribution in [3.63, 3.8) is 0 Å². The van der Waals surface area contributed by atoms with E-state index in [1.165, 1.54) is 0 Å². The molecular formula is C10H10ClNO. The number of carbonyl (C=O) groups is 1. The van der Waals surface area contributed by atoms with Gasteiger partial charge in [0.2, 0.25) is 5.91 Å². The molecule has 0 saturated heterocycles. The van der Waals surface area contributed by atoms with Gasteiger partial charge in [0.25, 0.3) is 0 Å². The zero-order valence-corrected chi connectivity index (χ0v) is 7.84. The molecule has 1 aromatic rings. The van der Waals surface area contributed by atoms with Crippen LogP contribution in [0.3, 0.4) is 0 Å². The Morgan fingerprint density at radius 3 is 2.62 bits per heavy atom. The standard InChI is InChI=1S/C10H10ClNO/c1-7(6-10(12)13)8-4-2-3-5-9(8)11/h2-5H,1,6H2,(H2,12,13). The van der Waals surface area contributed by atoms with Gasteiger partial charge in [-0.3, -0.25) is 4.79 Å². The number of amides is 1. The fourth-order valence-electron chi connectivity index (χ4n) is 1.05. The molecule has 0 atom stereocenters. The van der Waals surface area contributed by atoms with Crippen LogP contribution in [0.25, 0.3) is 5.57 Å². The molecule has 2 nitrogen and oxygen atoms in total. The van der Waals surface area contributed by atoms with Crippen molar-refractivity contribution in [3.8, 4) is 0 Å². The number of hydrogen-bond acceptors (Lipinski definition) is 1. The fourth-order valence-corrected chi connectivity index (χ4v) is 1.32. The summed E-state index contributed by atoms with van der Waals surface area (Å²) < 4.78 is 0. The summed E-state index contributed by atoms with van der Waals surface area (Å²) in [6, 6.07) is 7.23. The van der Waals surface area contributed by atoms with E-state index in [-0.39, 0.29) is 6.42 Å². The van der Waals surface area contributed by atoms with Gasteiger partial charge in [0, 0.05) is 5.02 Å². The van der Waals surface area contributed by atoms with Crippen LogP contribution in [0.2, 0.25) is 5.02 Å². The predicted octanol–water partition coefficient (Wildman–Crippen LogP) is 2.23. The molecular weight excluding hydrogens is 186 g/mol. The summed E-state index contributed by atoms with van der Waals surface area (Å²) in [5.41, 5.74) is 6.47. The number of primary amides is 1. The second-order valence-electron chi connectivity index (χ2n) is 2.73. The van der Waals surface area contributed by atoms with Crippen molar-refractivity contribution in [2.45, 2.75) is 6.42 Å². The number of benzene rings is 1. The van der Waals surface area contributed by atoms with E-state index in [2.05, 4.69) is 6.58 Å². The number of carbonyl (C=O) groups excluding carboxylic acids is 1. The number of rotatable bonds is 3. The first kappa shape index (κ1) is 9.81. The summed E-state index contributed by atoms with van der Waals surface area (Å²) in [6.45, 7) is 3.74. The van der Waals surface area contributed by atoms with Crippen LogP contribution in [0, 0.1) is 0 Å². The predicted molar refractivity (Wildman–Crippen MR) is 54.3 cm³/mol. The van der Waals surface area contributed by atoms with Gasteiger partial charge in [0.15, 0.2) is 0 Å². The average Bonchev–Trinajstić information content (AvgIpc) is 2.03. The van der Waals surface area contributed by atoms with Crippen LogP contribution >= 0.6 is 11.6 Å². The van der Waals surface area contributed by atoms with Gasteiger partial charge in [-0.05, 0) is 17.2 Å². The quantitative estimate of drug-likeness (QED) is 0.790. The second kappa shape index (κ2) is 4.10. The number of hydrogen-bond donors (Lipinski definition) is 1. The molecule has 0 spiro atoms. The van der Waals surface area contributed by atoms with Gasteiger partial charge in [0.05, 0.1) is 6.42 Å². The Labute approximate surface area is 82.0 Å². The Kier molecular flexibility index (Phi) is 3.09. The summed E-state index contributed by atoms with van der Waals surface area (Å²) >= 11 is 5.89. The van der Waals surface area contributed by atoms with Crippen LogP contribution in [0.15, 0.2) is 30.8 Å². The minimum Gasteiger partial charge on any atom is -0.369 e. The van der Waals surface area contributed by atoms with E-state index in [9.17, 15) is 4.79 Å². The molecule has 0 aliphatic rings. The van der Waals surface area contributed by atoms with Gasteiger partial charge < -0.3 is 5.73 Å². The molecule has 1 amide bonds. The van der Waals surface area contributed by atoms with Crippen molar-refractivity contribution in [2.75, 3.05) is 0 Å². The molecule has 0 radical (unpaired) electrons. The SMILES string of the molecule is C=C(CC(N)=O)c1ccccc1Cl. The van der Waals surface area contributed by atoms with E-state index in [1.54, 1.807) is 6.07 Å². The third kappa shape index (κ3) is 2.60. The van der Waals surface area contributed by atoms with Gasteiger partial charge in [-0.2, -0.15) is 0 Å². The number of halogens is 1. The maximum Gasteiger partial charge on any atom is 0.221 e. The van der Waals surface area contributed by atoms with Crippen LogP contribution < -0.4 is 5.73 Å². The van der Waals surface area contributed by atoms with Crippen LogP contribution in [0.5, 0.6) is 0 Å². The highest BCUT2D eigenvalue weighted by Gasteiger charge is 2.05. The highest BCUT2D eigenvalue weighted by Crippen LogP contribution is 2.23. The first-order valence-corrected chi connectivity index (χ1v) is 4.20. The fraction of sp³-hybridized carbons (Fsp3) is 0.100. The Morgan fingerprint density at radius 1 is 1.46 bits per heavy atom. The smallest absolute Gasteiger partial charge is 0.221 e. The lowest BCUT2D eigenvalue weighted by Crippen LogP contribution is -2.10. The maximum atomic E-state index is 10.6. The number of nitrogens with two attached hydrogens (primary N) is 1. The van der Waals surface area contributed by atoms with Gasteiger partial charge in [0.1, 0.15) is 0 Å². The average molecular weight is 196 g/mol. The monoisotopic (exact) mass is 195 g/mol. The van der Waals surface area contributed by atoms with Crippen LogP contribution in [0.4, 0.5) is 0 Å². The molecule has 3 heteroatoms. The first-order chi connectivity index (χ1) is 6.11. The van der Waals surface area contributed by atoms with Crippen molar-refractivity contribution >= 4 is 23.1 Å². The Bertz CT molecular complexity index is 347. The highest BCUT2D eigenvalue weighted by atomic mass is 35.5. The van der Waals surface area contributed by atoms with Gasteiger partial charge in [-0.15, -0.1) is 0 Å². The zero-order valence-electron chi connectivity index (χ0n) is 7.09. The minimum absolute atomic E-state index is 0.143. The molecule has 1 aromatic carbocycles. The van der Waals surface area contributed by atoms with Crippen molar-refractivity contribution in [3.05, 3.63) is 41.4 Å². The van der Waals surface area contributed by atoms with E-state index in [4.69, 9.17) is 17.3 Å². The summed E-state index contributed by atoms with van der Waals surface area (Å²) in [5, 5.41) is 0.591. The Hall–Kier alpha value is -1.28.